The lowest BCUT2D eigenvalue weighted by molar-refractivity contribution is -0.143. The highest BCUT2D eigenvalue weighted by atomic mass is 16.6. The number of carbonyl (C=O) groups is 3. The first-order valence-corrected chi connectivity index (χ1v) is 10.4. The van der Waals surface area contributed by atoms with Crippen molar-refractivity contribution in [3.8, 4) is 11.1 Å². The van der Waals surface area contributed by atoms with E-state index in [1.54, 1.807) is 0 Å². The van der Waals surface area contributed by atoms with Crippen LogP contribution in [0.2, 0.25) is 0 Å². The Morgan fingerprint density at radius 1 is 1.03 bits per heavy atom. The molecule has 1 amide bonds. The van der Waals surface area contributed by atoms with Crippen molar-refractivity contribution in [1.29, 1.82) is 0 Å². The highest BCUT2D eigenvalue weighted by Crippen LogP contribution is 2.45. The minimum absolute atomic E-state index is 0.0456. The molecule has 5 rings (SSSR count). The summed E-state index contributed by atoms with van der Waals surface area (Å²) in [5, 5.41) is 9.74. The maximum atomic E-state index is 12.9. The summed E-state index contributed by atoms with van der Waals surface area (Å²) in [6.45, 7) is 0.496. The number of likely N-dealkylation sites (tertiary alicyclic amines) is 1. The molecule has 1 heterocycles. The van der Waals surface area contributed by atoms with Crippen LogP contribution in [0.1, 0.15) is 36.3 Å². The molecule has 6 heteroatoms. The summed E-state index contributed by atoms with van der Waals surface area (Å²) in [6, 6.07) is 15.2. The van der Waals surface area contributed by atoms with Crippen molar-refractivity contribution in [1.82, 2.24) is 4.90 Å². The average molecular weight is 405 g/mol. The van der Waals surface area contributed by atoms with Crippen molar-refractivity contribution in [2.24, 2.45) is 11.8 Å². The van der Waals surface area contributed by atoms with Crippen LogP contribution in [0.25, 0.3) is 11.1 Å². The Labute approximate surface area is 174 Å². The Morgan fingerprint density at radius 3 is 2.30 bits per heavy atom. The van der Waals surface area contributed by atoms with E-state index in [4.69, 9.17) is 4.74 Å². The number of fused-ring (bicyclic) bond motifs is 4. The topological polar surface area (TPSA) is 83.9 Å². The van der Waals surface area contributed by atoms with Crippen LogP contribution in [-0.4, -0.2) is 47.0 Å². The highest BCUT2D eigenvalue weighted by Gasteiger charge is 2.50. The van der Waals surface area contributed by atoms with Gasteiger partial charge < -0.3 is 9.84 Å². The number of ether oxygens (including phenoxy) is 1. The smallest absolute Gasteiger partial charge is 0.410 e. The predicted molar refractivity (Wildman–Crippen MR) is 109 cm³/mol. The molecule has 0 unspecified atom stereocenters. The Hall–Kier alpha value is -3.15. The van der Waals surface area contributed by atoms with Gasteiger partial charge in [0.2, 0.25) is 0 Å². The van der Waals surface area contributed by atoms with E-state index in [-0.39, 0.29) is 36.6 Å². The molecule has 0 radical (unpaired) electrons. The lowest BCUT2D eigenvalue weighted by Crippen LogP contribution is -2.44. The summed E-state index contributed by atoms with van der Waals surface area (Å²) in [6.07, 6.45) is 0.729. The fourth-order valence-electron chi connectivity index (χ4n) is 5.47. The summed E-state index contributed by atoms with van der Waals surface area (Å²) in [5.74, 6) is -1.33. The molecule has 0 aromatic heterocycles. The van der Waals surface area contributed by atoms with Gasteiger partial charge in [-0.05, 0) is 34.6 Å². The van der Waals surface area contributed by atoms with Gasteiger partial charge in [-0.1, -0.05) is 48.5 Å². The number of ketones is 1. The van der Waals surface area contributed by atoms with Crippen molar-refractivity contribution in [2.75, 3.05) is 13.2 Å². The van der Waals surface area contributed by atoms with Gasteiger partial charge in [-0.3, -0.25) is 9.69 Å². The number of rotatable bonds is 3. The van der Waals surface area contributed by atoms with Gasteiger partial charge in [0.15, 0.2) is 0 Å². The van der Waals surface area contributed by atoms with Crippen LogP contribution in [0.4, 0.5) is 4.79 Å². The van der Waals surface area contributed by atoms with Gasteiger partial charge in [-0.2, -0.15) is 0 Å². The van der Waals surface area contributed by atoms with E-state index in [0.717, 1.165) is 22.3 Å². The minimum Gasteiger partial charge on any atom is -0.480 e. The van der Waals surface area contributed by atoms with Gasteiger partial charge in [0, 0.05) is 31.2 Å². The van der Waals surface area contributed by atoms with Gasteiger partial charge in [0.05, 0.1) is 0 Å². The third-order valence-corrected chi connectivity index (χ3v) is 6.86. The van der Waals surface area contributed by atoms with Crippen LogP contribution in [-0.2, 0) is 14.3 Å². The lowest BCUT2D eigenvalue weighted by Gasteiger charge is -2.26. The van der Waals surface area contributed by atoms with Gasteiger partial charge in [-0.25, -0.2) is 9.59 Å². The molecule has 2 aliphatic carbocycles. The molecule has 3 atom stereocenters. The van der Waals surface area contributed by atoms with Crippen molar-refractivity contribution < 1.29 is 24.2 Å². The summed E-state index contributed by atoms with van der Waals surface area (Å²) in [7, 11) is 0. The highest BCUT2D eigenvalue weighted by molar-refractivity contribution is 5.85. The molecular weight excluding hydrogens is 382 g/mol. The van der Waals surface area contributed by atoms with E-state index >= 15 is 0 Å². The molecule has 2 aromatic rings. The molecule has 2 aromatic carbocycles. The minimum atomic E-state index is -1.06. The number of carboxylic acid groups (broad SMARTS) is 1. The van der Waals surface area contributed by atoms with Gasteiger partial charge in [-0.15, -0.1) is 0 Å². The second kappa shape index (κ2) is 7.27. The van der Waals surface area contributed by atoms with Crippen LogP contribution in [0, 0.1) is 11.8 Å². The monoisotopic (exact) mass is 405 g/mol. The summed E-state index contributed by atoms with van der Waals surface area (Å²) >= 11 is 0. The summed E-state index contributed by atoms with van der Waals surface area (Å²) in [5.41, 5.74) is 4.51. The van der Waals surface area contributed by atoms with E-state index in [2.05, 4.69) is 12.1 Å². The van der Waals surface area contributed by atoms with E-state index in [1.807, 2.05) is 36.4 Å². The van der Waals surface area contributed by atoms with Gasteiger partial charge in [0.25, 0.3) is 0 Å². The lowest BCUT2D eigenvalue weighted by atomic mass is 9.78. The second-order valence-corrected chi connectivity index (χ2v) is 8.44. The molecular formula is C24H23NO5. The number of carboxylic acids is 1. The van der Waals surface area contributed by atoms with Crippen LogP contribution >= 0.6 is 0 Å². The van der Waals surface area contributed by atoms with Crippen molar-refractivity contribution in [2.45, 2.75) is 31.2 Å². The zero-order valence-corrected chi connectivity index (χ0v) is 16.5. The number of Topliss-reactive ketones (excluding diaryl/α,β-unsaturated/α-hetero) is 1. The molecule has 1 aliphatic heterocycles. The molecule has 1 saturated heterocycles. The van der Waals surface area contributed by atoms with Crippen LogP contribution in [0.5, 0.6) is 0 Å². The molecule has 2 fully saturated rings. The first-order chi connectivity index (χ1) is 14.5. The number of aliphatic carboxylic acids is 1. The number of benzene rings is 2. The first kappa shape index (κ1) is 18.9. The quantitative estimate of drug-likeness (QED) is 0.842. The number of amides is 1. The van der Waals surface area contributed by atoms with Crippen LogP contribution in [0.15, 0.2) is 48.5 Å². The van der Waals surface area contributed by atoms with E-state index in [0.29, 0.717) is 19.4 Å². The van der Waals surface area contributed by atoms with Gasteiger partial charge in [0.1, 0.15) is 18.4 Å². The summed E-state index contributed by atoms with van der Waals surface area (Å²) in [4.78, 5) is 38.0. The molecule has 3 aliphatic rings. The number of hydrogen-bond donors (Lipinski definition) is 1. The maximum Gasteiger partial charge on any atom is 0.410 e. The van der Waals surface area contributed by atoms with Crippen molar-refractivity contribution in [3.05, 3.63) is 59.7 Å². The fraction of sp³-hybridized carbons (Fsp3) is 0.375. The molecule has 154 valence electrons. The van der Waals surface area contributed by atoms with E-state index < -0.39 is 18.1 Å². The average Bonchev–Trinajstić information content (AvgIpc) is 3.28. The number of hydrogen-bond acceptors (Lipinski definition) is 4. The fourth-order valence-corrected chi connectivity index (χ4v) is 5.47. The Morgan fingerprint density at radius 2 is 1.67 bits per heavy atom. The first-order valence-electron chi connectivity index (χ1n) is 10.4. The second-order valence-electron chi connectivity index (χ2n) is 8.44. The molecule has 30 heavy (non-hydrogen) atoms. The third kappa shape index (κ3) is 2.98. The van der Waals surface area contributed by atoms with Crippen molar-refractivity contribution >= 4 is 17.8 Å². The molecule has 6 nitrogen and oxygen atoms in total. The normalized spacial score (nSPS) is 24.9. The largest absolute Gasteiger partial charge is 0.480 e. The molecule has 0 bridgehead atoms. The van der Waals surface area contributed by atoms with E-state index in [1.165, 1.54) is 4.90 Å². The van der Waals surface area contributed by atoms with Crippen LogP contribution < -0.4 is 0 Å². The Balaban J connectivity index is 1.35. The van der Waals surface area contributed by atoms with Crippen LogP contribution in [0.3, 0.4) is 0 Å². The van der Waals surface area contributed by atoms with Crippen molar-refractivity contribution in [3.63, 3.8) is 0 Å². The van der Waals surface area contributed by atoms with Gasteiger partial charge >= 0.3 is 12.1 Å². The molecule has 0 spiro atoms. The SMILES string of the molecule is O=C1CC[C@@H]2CN(C(=O)OCC3c4ccccc4-c4ccccc43)[C@H](C(=O)O)[C@@H]2C1. The summed E-state index contributed by atoms with van der Waals surface area (Å²) < 4.78 is 5.68. The molecule has 1 saturated carbocycles. The number of nitrogens with zero attached hydrogens (tertiary/aromatic N) is 1. The van der Waals surface area contributed by atoms with E-state index in [9.17, 15) is 19.5 Å². The Kier molecular flexibility index (Phi) is 4.57. The maximum absolute atomic E-state index is 12.9. The molecule has 1 N–H and O–H groups in total. The zero-order chi connectivity index (χ0) is 20.8. The zero-order valence-electron chi connectivity index (χ0n) is 16.5. The predicted octanol–water partition coefficient (Wildman–Crippen LogP) is 3.69. The third-order valence-electron chi connectivity index (χ3n) is 6.86. The Bertz CT molecular complexity index is 986. The number of carbonyl (C=O) groups excluding carboxylic acids is 2. The standard InChI is InChI=1S/C24H23NO5/c26-15-10-9-14-12-25(22(23(27)28)20(14)11-15)24(29)30-13-21-18-7-3-1-5-16(18)17-6-2-4-8-19(17)21/h1-8,14,20-22H,9-13H2,(H,27,28)/t14-,20-,22+/m1/s1.